The van der Waals surface area contributed by atoms with Gasteiger partial charge in [-0.05, 0) is 42.8 Å². The van der Waals surface area contributed by atoms with Crippen molar-refractivity contribution < 1.29 is 4.79 Å². The summed E-state index contributed by atoms with van der Waals surface area (Å²) in [5, 5.41) is 22.9. The zero-order valence-electron chi connectivity index (χ0n) is 13.5. The number of nitrogens with zero attached hydrogens (tertiary/aromatic N) is 3. The molecule has 0 aliphatic rings. The third-order valence-corrected chi connectivity index (χ3v) is 3.61. The predicted octanol–water partition coefficient (Wildman–Crippen LogP) is 3.65. The SMILES string of the molecule is Cc1ccccc1C(=O)Nc1ccc(Nc2ccccc2C#N)nn1. The molecule has 3 rings (SSSR count). The van der Waals surface area contributed by atoms with Crippen molar-refractivity contribution >= 4 is 23.2 Å². The molecule has 122 valence electrons. The number of carbonyl (C=O) groups excluding carboxylic acids is 1. The Balaban J connectivity index is 1.72. The second-order valence-electron chi connectivity index (χ2n) is 5.36. The monoisotopic (exact) mass is 329 g/mol. The average molecular weight is 329 g/mol. The maximum absolute atomic E-state index is 12.3. The Kier molecular flexibility index (Phi) is 4.67. The summed E-state index contributed by atoms with van der Waals surface area (Å²) in [6, 6.07) is 19.9. The van der Waals surface area contributed by atoms with Gasteiger partial charge in [0.1, 0.15) is 6.07 Å². The van der Waals surface area contributed by atoms with Crippen LogP contribution in [0.15, 0.2) is 60.7 Å². The second-order valence-corrected chi connectivity index (χ2v) is 5.36. The van der Waals surface area contributed by atoms with E-state index in [-0.39, 0.29) is 5.91 Å². The zero-order chi connectivity index (χ0) is 17.6. The van der Waals surface area contributed by atoms with E-state index in [1.807, 2.05) is 31.2 Å². The number of nitriles is 1. The molecule has 2 aromatic carbocycles. The van der Waals surface area contributed by atoms with Gasteiger partial charge in [0.25, 0.3) is 5.91 Å². The Hall–Kier alpha value is -3.72. The van der Waals surface area contributed by atoms with E-state index < -0.39 is 0 Å². The van der Waals surface area contributed by atoms with Gasteiger partial charge in [-0.3, -0.25) is 4.79 Å². The van der Waals surface area contributed by atoms with Crippen LogP contribution in [0.4, 0.5) is 17.3 Å². The topological polar surface area (TPSA) is 90.7 Å². The third kappa shape index (κ3) is 3.79. The largest absolute Gasteiger partial charge is 0.338 e. The summed E-state index contributed by atoms with van der Waals surface area (Å²) in [6.45, 7) is 1.88. The van der Waals surface area contributed by atoms with Gasteiger partial charge in [0.2, 0.25) is 0 Å². The van der Waals surface area contributed by atoms with Crippen LogP contribution in [0.25, 0.3) is 0 Å². The van der Waals surface area contributed by atoms with Crippen LogP contribution in [-0.4, -0.2) is 16.1 Å². The number of nitrogens with one attached hydrogen (secondary N) is 2. The lowest BCUT2D eigenvalue weighted by Gasteiger charge is -2.08. The molecule has 6 nitrogen and oxygen atoms in total. The van der Waals surface area contributed by atoms with E-state index in [1.54, 1.807) is 36.4 Å². The number of rotatable bonds is 4. The first-order chi connectivity index (χ1) is 12.2. The van der Waals surface area contributed by atoms with Crippen LogP contribution < -0.4 is 10.6 Å². The molecule has 0 unspecified atom stereocenters. The number of anilines is 3. The molecule has 1 aromatic heterocycles. The normalized spacial score (nSPS) is 9.92. The van der Waals surface area contributed by atoms with Gasteiger partial charge in [-0.1, -0.05) is 30.3 Å². The molecule has 0 aliphatic carbocycles. The highest BCUT2D eigenvalue weighted by Gasteiger charge is 2.10. The molecule has 0 bridgehead atoms. The van der Waals surface area contributed by atoms with Crippen molar-refractivity contribution in [1.82, 2.24) is 10.2 Å². The number of aryl methyl sites for hydroxylation is 1. The standard InChI is InChI=1S/C19H15N5O/c1-13-6-2-4-8-15(13)19(25)22-18-11-10-17(23-24-18)21-16-9-5-3-7-14(16)12-20/h2-11H,1H3,(H,21,23)(H,22,24,25). The molecule has 0 saturated heterocycles. The van der Waals surface area contributed by atoms with Gasteiger partial charge in [0.15, 0.2) is 11.6 Å². The highest BCUT2D eigenvalue weighted by Crippen LogP contribution is 2.19. The van der Waals surface area contributed by atoms with Gasteiger partial charge in [0, 0.05) is 5.56 Å². The minimum atomic E-state index is -0.233. The minimum absolute atomic E-state index is 0.233. The van der Waals surface area contributed by atoms with Gasteiger partial charge in [-0.25, -0.2) is 0 Å². The van der Waals surface area contributed by atoms with Crippen molar-refractivity contribution in [1.29, 1.82) is 5.26 Å². The Bertz CT molecular complexity index is 945. The molecule has 0 saturated carbocycles. The lowest BCUT2D eigenvalue weighted by molar-refractivity contribution is 0.102. The second kappa shape index (κ2) is 7.23. The van der Waals surface area contributed by atoms with Gasteiger partial charge >= 0.3 is 0 Å². The van der Waals surface area contributed by atoms with Gasteiger partial charge in [-0.15, -0.1) is 10.2 Å². The van der Waals surface area contributed by atoms with E-state index in [4.69, 9.17) is 5.26 Å². The maximum atomic E-state index is 12.3. The highest BCUT2D eigenvalue weighted by atomic mass is 16.1. The molecule has 0 spiro atoms. The quantitative estimate of drug-likeness (QED) is 0.762. The summed E-state index contributed by atoms with van der Waals surface area (Å²) in [5.41, 5.74) is 2.64. The number of amides is 1. The summed E-state index contributed by atoms with van der Waals surface area (Å²) in [7, 11) is 0. The fourth-order valence-electron chi connectivity index (χ4n) is 2.30. The molecule has 0 fully saturated rings. The van der Waals surface area contributed by atoms with Crippen LogP contribution in [0, 0.1) is 18.3 Å². The molecule has 1 heterocycles. The summed E-state index contributed by atoms with van der Waals surface area (Å²) in [6.07, 6.45) is 0. The predicted molar refractivity (Wildman–Crippen MR) is 95.6 cm³/mol. The van der Waals surface area contributed by atoms with Crippen molar-refractivity contribution in [2.45, 2.75) is 6.92 Å². The Morgan fingerprint density at radius 3 is 2.36 bits per heavy atom. The van der Waals surface area contributed by atoms with Crippen molar-refractivity contribution in [3.8, 4) is 6.07 Å². The van der Waals surface area contributed by atoms with Crippen LogP contribution >= 0.6 is 0 Å². The van der Waals surface area contributed by atoms with E-state index in [9.17, 15) is 4.79 Å². The summed E-state index contributed by atoms with van der Waals surface area (Å²) in [5.74, 6) is 0.604. The van der Waals surface area contributed by atoms with Crippen molar-refractivity contribution in [3.63, 3.8) is 0 Å². The molecule has 25 heavy (non-hydrogen) atoms. The van der Waals surface area contributed by atoms with Gasteiger partial charge in [0.05, 0.1) is 11.3 Å². The zero-order valence-corrected chi connectivity index (χ0v) is 13.5. The Morgan fingerprint density at radius 1 is 0.960 bits per heavy atom. The first kappa shape index (κ1) is 16.1. The molecule has 6 heteroatoms. The van der Waals surface area contributed by atoms with Crippen LogP contribution in [0.3, 0.4) is 0 Å². The van der Waals surface area contributed by atoms with E-state index in [1.165, 1.54) is 0 Å². The Morgan fingerprint density at radius 2 is 1.64 bits per heavy atom. The number of hydrogen-bond donors (Lipinski definition) is 2. The number of aromatic nitrogens is 2. The first-order valence-electron chi connectivity index (χ1n) is 7.64. The summed E-state index contributed by atoms with van der Waals surface area (Å²) >= 11 is 0. The van der Waals surface area contributed by atoms with Crippen LogP contribution in [0.1, 0.15) is 21.5 Å². The molecule has 0 aliphatic heterocycles. The van der Waals surface area contributed by atoms with Crippen LogP contribution in [0.2, 0.25) is 0 Å². The van der Waals surface area contributed by atoms with E-state index >= 15 is 0 Å². The molecule has 0 atom stereocenters. The lowest BCUT2D eigenvalue weighted by Crippen LogP contribution is -2.14. The fourth-order valence-corrected chi connectivity index (χ4v) is 2.30. The average Bonchev–Trinajstić information content (AvgIpc) is 2.64. The number of hydrogen-bond acceptors (Lipinski definition) is 5. The highest BCUT2D eigenvalue weighted by molar-refractivity contribution is 6.04. The third-order valence-electron chi connectivity index (χ3n) is 3.61. The van der Waals surface area contributed by atoms with Crippen molar-refractivity contribution in [2.24, 2.45) is 0 Å². The summed E-state index contributed by atoms with van der Waals surface area (Å²) < 4.78 is 0. The Labute approximate surface area is 145 Å². The molecule has 3 aromatic rings. The smallest absolute Gasteiger partial charge is 0.257 e. The van der Waals surface area contributed by atoms with Crippen molar-refractivity contribution in [2.75, 3.05) is 10.6 Å². The fraction of sp³-hybridized carbons (Fsp3) is 0.0526. The van der Waals surface area contributed by atoms with Crippen molar-refractivity contribution in [3.05, 3.63) is 77.4 Å². The molecule has 0 radical (unpaired) electrons. The molecular weight excluding hydrogens is 314 g/mol. The minimum Gasteiger partial charge on any atom is -0.338 e. The van der Waals surface area contributed by atoms with E-state index in [0.29, 0.717) is 28.5 Å². The van der Waals surface area contributed by atoms with Crippen LogP contribution in [0.5, 0.6) is 0 Å². The molecular formula is C19H15N5O. The number of para-hydroxylation sites is 1. The van der Waals surface area contributed by atoms with Gasteiger partial charge < -0.3 is 10.6 Å². The molecule has 1 amide bonds. The number of carbonyl (C=O) groups is 1. The van der Waals surface area contributed by atoms with E-state index in [0.717, 1.165) is 5.56 Å². The van der Waals surface area contributed by atoms with E-state index in [2.05, 4.69) is 26.9 Å². The van der Waals surface area contributed by atoms with Crippen LogP contribution in [-0.2, 0) is 0 Å². The van der Waals surface area contributed by atoms with Gasteiger partial charge in [-0.2, -0.15) is 5.26 Å². The summed E-state index contributed by atoms with van der Waals surface area (Å²) in [4.78, 5) is 12.3. The number of benzene rings is 2. The lowest BCUT2D eigenvalue weighted by atomic mass is 10.1. The first-order valence-corrected chi connectivity index (χ1v) is 7.64. The maximum Gasteiger partial charge on any atom is 0.257 e. The molecule has 2 N–H and O–H groups in total.